The summed E-state index contributed by atoms with van der Waals surface area (Å²) in [6.45, 7) is 3.91. The van der Waals surface area contributed by atoms with Crippen molar-refractivity contribution < 1.29 is 19.1 Å². The van der Waals surface area contributed by atoms with Crippen molar-refractivity contribution in [1.82, 2.24) is 5.48 Å². The first-order valence-corrected chi connectivity index (χ1v) is 7.52. The lowest BCUT2D eigenvalue weighted by atomic mass is 10.1. The van der Waals surface area contributed by atoms with Gasteiger partial charge in [0.05, 0.1) is 12.8 Å². The number of hydroxylamine groups is 1. The highest BCUT2D eigenvalue weighted by Gasteiger charge is 2.24. The third-order valence-electron chi connectivity index (χ3n) is 3.33. The number of para-hydroxylation sites is 1. The van der Waals surface area contributed by atoms with E-state index in [0.717, 1.165) is 5.56 Å². The Balaban J connectivity index is 2.14. The van der Waals surface area contributed by atoms with E-state index in [-0.39, 0.29) is 0 Å². The van der Waals surface area contributed by atoms with Crippen LogP contribution < -0.4 is 10.3 Å². The Kier molecular flexibility index (Phi) is 6.23. The number of halogens is 1. The molecule has 0 amide bonds. The molecule has 2 rings (SSSR count). The van der Waals surface area contributed by atoms with Crippen molar-refractivity contribution in [2.24, 2.45) is 0 Å². The van der Waals surface area contributed by atoms with Crippen LogP contribution in [0.15, 0.2) is 55.1 Å². The summed E-state index contributed by atoms with van der Waals surface area (Å²) in [5, 5.41) is 0.638. The van der Waals surface area contributed by atoms with Crippen LogP contribution in [0.3, 0.4) is 0 Å². The third-order valence-corrected chi connectivity index (χ3v) is 3.58. The molecule has 2 aromatic rings. The van der Waals surface area contributed by atoms with Gasteiger partial charge in [-0.15, -0.1) is 0 Å². The van der Waals surface area contributed by atoms with Gasteiger partial charge in [-0.3, -0.25) is 0 Å². The van der Waals surface area contributed by atoms with Gasteiger partial charge in [-0.1, -0.05) is 48.5 Å². The molecule has 0 saturated carbocycles. The zero-order valence-electron chi connectivity index (χ0n) is 13.4. The first-order valence-electron chi connectivity index (χ1n) is 7.14. The molecule has 0 aliphatic carbocycles. The van der Waals surface area contributed by atoms with Gasteiger partial charge in [0.2, 0.25) is 0 Å². The van der Waals surface area contributed by atoms with Crippen molar-refractivity contribution in [2.45, 2.75) is 6.10 Å². The summed E-state index contributed by atoms with van der Waals surface area (Å²) in [7, 11) is 2.73. The van der Waals surface area contributed by atoms with Crippen LogP contribution in [0.1, 0.15) is 17.2 Å². The monoisotopic (exact) mass is 347 g/mol. The van der Waals surface area contributed by atoms with E-state index in [1.807, 2.05) is 12.1 Å². The quantitative estimate of drug-likeness (QED) is 0.610. The normalized spacial score (nSPS) is 11.5. The second-order valence-corrected chi connectivity index (χ2v) is 5.30. The molecule has 0 saturated heterocycles. The van der Waals surface area contributed by atoms with Gasteiger partial charge >= 0.3 is 5.97 Å². The van der Waals surface area contributed by atoms with Gasteiger partial charge in [0.1, 0.15) is 0 Å². The molecule has 24 heavy (non-hydrogen) atoms. The Bertz CT molecular complexity index is 715. The lowest BCUT2D eigenvalue weighted by molar-refractivity contribution is -0.152. The fraction of sp³-hybridized carbons (Fsp3) is 0.167. The van der Waals surface area contributed by atoms with Crippen molar-refractivity contribution in [3.8, 4) is 5.75 Å². The Morgan fingerprint density at radius 1 is 1.12 bits per heavy atom. The Morgan fingerprint density at radius 2 is 1.79 bits per heavy atom. The summed E-state index contributed by atoms with van der Waals surface area (Å²) in [4.78, 5) is 17.4. The van der Waals surface area contributed by atoms with Gasteiger partial charge in [-0.05, 0) is 18.2 Å². The molecular formula is C18H18ClNO4. The van der Waals surface area contributed by atoms with Gasteiger partial charge in [-0.2, -0.15) is 0 Å². The number of carbonyl (C=O) groups is 1. The number of ether oxygens (including phenoxy) is 2. The minimum atomic E-state index is -0.878. The lowest BCUT2D eigenvalue weighted by Gasteiger charge is -2.18. The number of benzene rings is 2. The van der Waals surface area contributed by atoms with Crippen molar-refractivity contribution in [2.75, 3.05) is 14.2 Å². The molecule has 126 valence electrons. The van der Waals surface area contributed by atoms with Crippen LogP contribution in [-0.4, -0.2) is 20.2 Å². The molecular weight excluding hydrogens is 330 g/mol. The molecule has 1 N–H and O–H groups in total. The average Bonchev–Trinajstić information content (AvgIpc) is 2.61. The van der Waals surface area contributed by atoms with E-state index in [4.69, 9.17) is 25.9 Å². The summed E-state index contributed by atoms with van der Waals surface area (Å²) >= 11 is 5.87. The van der Waals surface area contributed by atoms with E-state index in [1.54, 1.807) is 36.4 Å². The summed E-state index contributed by atoms with van der Waals surface area (Å²) < 4.78 is 9.96. The summed E-state index contributed by atoms with van der Waals surface area (Å²) in [6.07, 6.45) is -0.878. The topological polar surface area (TPSA) is 56.8 Å². The van der Waals surface area contributed by atoms with E-state index < -0.39 is 12.1 Å². The van der Waals surface area contributed by atoms with Gasteiger partial charge in [0.25, 0.3) is 0 Å². The van der Waals surface area contributed by atoms with Crippen LogP contribution in [0.4, 0.5) is 0 Å². The Morgan fingerprint density at radius 3 is 2.42 bits per heavy atom. The maximum absolute atomic E-state index is 11.8. The molecule has 0 aromatic heterocycles. The van der Waals surface area contributed by atoms with Crippen molar-refractivity contribution >= 4 is 23.3 Å². The highest BCUT2D eigenvalue weighted by molar-refractivity contribution is 6.30. The van der Waals surface area contributed by atoms with Gasteiger partial charge < -0.3 is 14.3 Å². The molecule has 0 bridgehead atoms. The van der Waals surface area contributed by atoms with E-state index in [1.165, 1.54) is 14.2 Å². The first-order chi connectivity index (χ1) is 11.6. The molecule has 0 aliphatic heterocycles. The molecule has 0 aliphatic rings. The molecule has 5 nitrogen and oxygen atoms in total. The van der Waals surface area contributed by atoms with E-state index in [9.17, 15) is 4.79 Å². The summed E-state index contributed by atoms with van der Waals surface area (Å²) in [5.74, 6) is -0.0741. The molecule has 0 radical (unpaired) electrons. The van der Waals surface area contributed by atoms with Crippen molar-refractivity contribution in [3.05, 3.63) is 71.3 Å². The van der Waals surface area contributed by atoms with E-state index in [2.05, 4.69) is 12.1 Å². The van der Waals surface area contributed by atoms with E-state index >= 15 is 0 Å². The third kappa shape index (κ3) is 4.28. The number of methoxy groups -OCH3 is 2. The standard InChI is InChI=1S/C18H18ClNO4/c1-12(13-8-10-14(19)11-9-13)20-24-16-7-5-4-6-15(16)17(22-2)18(21)23-3/h4-11,17,20H,1H2,2-3H3. The van der Waals surface area contributed by atoms with Crippen LogP contribution >= 0.6 is 11.6 Å². The maximum Gasteiger partial charge on any atom is 0.339 e. The lowest BCUT2D eigenvalue weighted by Crippen LogP contribution is -2.21. The molecule has 0 heterocycles. The number of esters is 1. The largest absolute Gasteiger partial charge is 0.467 e. The first kappa shape index (κ1) is 17.8. The average molecular weight is 348 g/mol. The minimum Gasteiger partial charge on any atom is -0.467 e. The number of rotatable bonds is 7. The van der Waals surface area contributed by atoms with Crippen molar-refractivity contribution in [1.29, 1.82) is 0 Å². The number of hydrogen-bond donors (Lipinski definition) is 1. The number of carbonyl (C=O) groups excluding carboxylic acids is 1. The smallest absolute Gasteiger partial charge is 0.339 e. The molecule has 6 heteroatoms. The number of hydrogen-bond acceptors (Lipinski definition) is 5. The van der Waals surface area contributed by atoms with Crippen LogP contribution in [0.5, 0.6) is 5.75 Å². The van der Waals surface area contributed by atoms with Crippen LogP contribution in [0.2, 0.25) is 5.02 Å². The molecule has 0 fully saturated rings. The Hall–Kier alpha value is -2.50. The zero-order chi connectivity index (χ0) is 17.5. The summed E-state index contributed by atoms with van der Waals surface area (Å²) in [6, 6.07) is 14.2. The zero-order valence-corrected chi connectivity index (χ0v) is 14.2. The van der Waals surface area contributed by atoms with E-state index in [0.29, 0.717) is 22.0 Å². The van der Waals surface area contributed by atoms with Gasteiger partial charge in [0.15, 0.2) is 11.9 Å². The van der Waals surface area contributed by atoms with Crippen LogP contribution in [-0.2, 0) is 14.3 Å². The molecule has 1 unspecified atom stereocenters. The van der Waals surface area contributed by atoms with Gasteiger partial charge in [-0.25, -0.2) is 10.3 Å². The van der Waals surface area contributed by atoms with Crippen molar-refractivity contribution in [3.63, 3.8) is 0 Å². The Labute approximate surface area is 145 Å². The second kappa shape index (κ2) is 8.38. The fourth-order valence-electron chi connectivity index (χ4n) is 2.07. The molecule has 1 atom stereocenters. The van der Waals surface area contributed by atoms with Crippen LogP contribution in [0, 0.1) is 0 Å². The SMILES string of the molecule is C=C(NOc1ccccc1C(OC)C(=O)OC)c1ccc(Cl)cc1. The highest BCUT2D eigenvalue weighted by Crippen LogP contribution is 2.28. The predicted octanol–water partition coefficient (Wildman–Crippen LogP) is 3.75. The maximum atomic E-state index is 11.8. The highest BCUT2D eigenvalue weighted by atomic mass is 35.5. The number of nitrogens with one attached hydrogen (secondary N) is 1. The molecule has 2 aromatic carbocycles. The van der Waals surface area contributed by atoms with Crippen LogP contribution in [0.25, 0.3) is 5.70 Å². The predicted molar refractivity (Wildman–Crippen MR) is 92.5 cm³/mol. The molecule has 0 spiro atoms. The van der Waals surface area contributed by atoms with Gasteiger partial charge in [0, 0.05) is 23.3 Å². The second-order valence-electron chi connectivity index (χ2n) is 4.87. The summed E-state index contributed by atoms with van der Waals surface area (Å²) in [5.41, 5.74) is 4.69. The fourth-order valence-corrected chi connectivity index (χ4v) is 2.20. The minimum absolute atomic E-state index is 0.435.